The summed E-state index contributed by atoms with van der Waals surface area (Å²) < 4.78 is 48.4. The van der Waals surface area contributed by atoms with Gasteiger partial charge in [-0.1, -0.05) is 0 Å². The number of sulfonamides is 1. The molecule has 3 aromatic rings. The molecule has 27 heavy (non-hydrogen) atoms. The minimum Gasteiger partial charge on any atom is -0.494 e. The first-order valence-electron chi connectivity index (χ1n) is 8.67. The van der Waals surface area contributed by atoms with Crippen molar-refractivity contribution in [2.45, 2.75) is 30.6 Å². The number of ether oxygens (including phenoxy) is 1. The molecule has 0 amide bonds. The first-order valence-corrected chi connectivity index (χ1v) is 11.0. The van der Waals surface area contributed by atoms with Gasteiger partial charge in [0, 0.05) is 30.6 Å². The van der Waals surface area contributed by atoms with Gasteiger partial charge in [0.25, 0.3) is 0 Å². The van der Waals surface area contributed by atoms with Crippen molar-refractivity contribution in [3.05, 3.63) is 47.1 Å². The van der Waals surface area contributed by atoms with Crippen molar-refractivity contribution in [1.29, 1.82) is 0 Å². The van der Waals surface area contributed by atoms with Crippen LogP contribution >= 0.6 is 11.3 Å². The van der Waals surface area contributed by atoms with Gasteiger partial charge in [0.1, 0.15) is 10.7 Å². The Morgan fingerprint density at radius 1 is 1.37 bits per heavy atom. The molecule has 0 aliphatic carbocycles. The van der Waals surface area contributed by atoms with Crippen molar-refractivity contribution < 1.29 is 17.5 Å². The molecule has 6 nitrogen and oxygen atoms in total. The van der Waals surface area contributed by atoms with Crippen molar-refractivity contribution in [3.8, 4) is 5.75 Å². The zero-order valence-corrected chi connectivity index (χ0v) is 16.7. The monoisotopic (exact) mass is 409 g/mol. The smallest absolute Gasteiger partial charge is 0.243 e. The molecule has 1 aliphatic rings. The number of aryl methyl sites for hydroxylation is 1. The number of hydrogen-bond donors (Lipinski definition) is 0. The van der Waals surface area contributed by atoms with Crippen LogP contribution in [0, 0.1) is 12.7 Å². The van der Waals surface area contributed by atoms with Crippen LogP contribution in [-0.2, 0) is 10.0 Å². The summed E-state index contributed by atoms with van der Waals surface area (Å²) in [5.41, 5.74) is 0.948. The van der Waals surface area contributed by atoms with Crippen LogP contribution in [0.5, 0.6) is 5.75 Å². The maximum Gasteiger partial charge on any atom is 0.243 e. The van der Waals surface area contributed by atoms with E-state index >= 15 is 0 Å². The summed E-state index contributed by atoms with van der Waals surface area (Å²) in [5.74, 6) is 0.272. The number of imidazole rings is 1. The van der Waals surface area contributed by atoms with E-state index in [1.165, 1.54) is 23.5 Å². The van der Waals surface area contributed by atoms with E-state index in [1.807, 2.05) is 22.9 Å². The highest BCUT2D eigenvalue weighted by molar-refractivity contribution is 7.89. The topological polar surface area (TPSA) is 63.9 Å². The maximum atomic E-state index is 14.0. The molecular weight excluding hydrogens is 389 g/mol. The second kappa shape index (κ2) is 6.88. The average Bonchev–Trinajstić information content (AvgIpc) is 3.26. The number of hydrogen-bond acceptors (Lipinski definition) is 5. The van der Waals surface area contributed by atoms with Crippen LogP contribution in [0.15, 0.2) is 34.7 Å². The standard InChI is InChI=1S/C18H20FN3O3S2/c1-12-20-17(18-22(12)8-9-26-18)13-4-3-7-21(11-13)27(23,24)14-5-6-16(25-2)15(19)10-14/h5-6,8-10,13H,3-4,7,11H2,1-2H3. The van der Waals surface area contributed by atoms with Gasteiger partial charge < -0.3 is 4.74 Å². The average molecular weight is 410 g/mol. The number of halogens is 1. The van der Waals surface area contributed by atoms with E-state index in [2.05, 4.69) is 4.98 Å². The lowest BCUT2D eigenvalue weighted by Gasteiger charge is -2.31. The number of aromatic nitrogens is 2. The Hall–Kier alpha value is -1.97. The predicted octanol–water partition coefficient (Wildman–Crippen LogP) is 3.42. The summed E-state index contributed by atoms with van der Waals surface area (Å²) in [6.07, 6.45) is 3.60. The molecule has 3 heterocycles. The SMILES string of the molecule is COc1ccc(S(=O)(=O)N2CCCC(c3nc(C)n4ccsc34)C2)cc1F. The van der Waals surface area contributed by atoms with Crippen molar-refractivity contribution >= 4 is 26.2 Å². The van der Waals surface area contributed by atoms with Gasteiger partial charge in [0.05, 0.1) is 17.7 Å². The fourth-order valence-corrected chi connectivity index (χ4v) is 6.09. The third-order valence-electron chi connectivity index (χ3n) is 4.99. The minimum atomic E-state index is -3.78. The molecule has 0 saturated carbocycles. The molecular formula is C18H20FN3O3S2. The molecule has 1 fully saturated rings. The van der Waals surface area contributed by atoms with Gasteiger partial charge in [0.15, 0.2) is 11.6 Å². The first kappa shape index (κ1) is 18.4. The molecule has 144 valence electrons. The first-order chi connectivity index (χ1) is 12.9. The highest BCUT2D eigenvalue weighted by Crippen LogP contribution is 2.34. The zero-order valence-electron chi connectivity index (χ0n) is 15.1. The van der Waals surface area contributed by atoms with Crippen molar-refractivity contribution in [3.63, 3.8) is 0 Å². The van der Waals surface area contributed by atoms with E-state index < -0.39 is 15.8 Å². The maximum absolute atomic E-state index is 14.0. The predicted molar refractivity (Wildman–Crippen MR) is 101 cm³/mol. The third-order valence-corrected chi connectivity index (χ3v) is 7.74. The van der Waals surface area contributed by atoms with Crippen molar-refractivity contribution in [2.75, 3.05) is 20.2 Å². The van der Waals surface area contributed by atoms with Crippen LogP contribution in [0.2, 0.25) is 0 Å². The molecule has 4 rings (SSSR count). The molecule has 0 bridgehead atoms. The second-order valence-corrected chi connectivity index (χ2v) is 9.45. The molecule has 0 radical (unpaired) electrons. The van der Waals surface area contributed by atoms with E-state index in [0.29, 0.717) is 13.1 Å². The van der Waals surface area contributed by atoms with Gasteiger partial charge in [-0.25, -0.2) is 17.8 Å². The Balaban J connectivity index is 1.64. The minimum absolute atomic E-state index is 0.0268. The van der Waals surface area contributed by atoms with E-state index in [9.17, 15) is 12.8 Å². The number of benzene rings is 1. The van der Waals surface area contributed by atoms with E-state index in [0.717, 1.165) is 35.3 Å². The third kappa shape index (κ3) is 3.13. The lowest BCUT2D eigenvalue weighted by molar-refractivity contribution is 0.313. The van der Waals surface area contributed by atoms with Gasteiger partial charge in [-0.05, 0) is 38.0 Å². The molecule has 1 unspecified atom stereocenters. The summed E-state index contributed by atoms with van der Waals surface area (Å²) in [4.78, 5) is 5.68. The zero-order chi connectivity index (χ0) is 19.2. The number of piperidine rings is 1. The summed E-state index contributed by atoms with van der Waals surface area (Å²) in [6.45, 7) is 2.72. The molecule has 1 atom stereocenters. The molecule has 9 heteroatoms. The Labute approximate surface area is 161 Å². The van der Waals surface area contributed by atoms with E-state index in [4.69, 9.17) is 4.74 Å². The molecule has 2 aromatic heterocycles. The number of rotatable bonds is 4. The highest BCUT2D eigenvalue weighted by Gasteiger charge is 2.33. The molecule has 1 saturated heterocycles. The number of methoxy groups -OCH3 is 1. The lowest BCUT2D eigenvalue weighted by atomic mass is 9.97. The van der Waals surface area contributed by atoms with Crippen LogP contribution in [0.4, 0.5) is 4.39 Å². The van der Waals surface area contributed by atoms with Gasteiger partial charge in [-0.2, -0.15) is 4.31 Å². The summed E-state index contributed by atoms with van der Waals surface area (Å²) in [6, 6.07) is 3.76. The Bertz CT molecular complexity index is 1090. The Kier molecular flexibility index (Phi) is 4.69. The van der Waals surface area contributed by atoms with Crippen LogP contribution in [0.3, 0.4) is 0 Å². The van der Waals surface area contributed by atoms with Crippen LogP contribution in [0.1, 0.15) is 30.3 Å². The highest BCUT2D eigenvalue weighted by atomic mass is 32.2. The largest absolute Gasteiger partial charge is 0.494 e. The fraction of sp³-hybridized carbons (Fsp3) is 0.389. The van der Waals surface area contributed by atoms with Crippen LogP contribution in [-0.4, -0.2) is 42.3 Å². The van der Waals surface area contributed by atoms with Gasteiger partial charge in [-0.15, -0.1) is 11.3 Å². The Morgan fingerprint density at radius 2 is 2.19 bits per heavy atom. The fourth-order valence-electron chi connectivity index (χ4n) is 3.60. The van der Waals surface area contributed by atoms with Crippen LogP contribution < -0.4 is 4.74 Å². The van der Waals surface area contributed by atoms with Crippen molar-refractivity contribution in [2.24, 2.45) is 0 Å². The molecule has 0 spiro atoms. The van der Waals surface area contributed by atoms with Gasteiger partial charge in [0.2, 0.25) is 10.0 Å². The normalized spacial score (nSPS) is 18.9. The van der Waals surface area contributed by atoms with Crippen LogP contribution in [0.25, 0.3) is 4.83 Å². The second-order valence-electron chi connectivity index (χ2n) is 6.62. The lowest BCUT2D eigenvalue weighted by Crippen LogP contribution is -2.39. The van der Waals surface area contributed by atoms with Crippen molar-refractivity contribution in [1.82, 2.24) is 13.7 Å². The number of nitrogens with zero attached hydrogens (tertiary/aromatic N) is 3. The molecule has 0 N–H and O–H groups in total. The summed E-state index contributed by atoms with van der Waals surface area (Å²) >= 11 is 1.61. The number of fused-ring (bicyclic) bond motifs is 1. The number of thiazole rings is 1. The molecule has 1 aliphatic heterocycles. The Morgan fingerprint density at radius 3 is 2.93 bits per heavy atom. The van der Waals surface area contributed by atoms with Gasteiger partial charge in [-0.3, -0.25) is 4.40 Å². The molecule has 1 aromatic carbocycles. The summed E-state index contributed by atoms with van der Waals surface area (Å²) in [7, 11) is -2.43. The summed E-state index contributed by atoms with van der Waals surface area (Å²) in [5, 5.41) is 2.00. The quantitative estimate of drug-likeness (QED) is 0.662. The van der Waals surface area contributed by atoms with E-state index in [-0.39, 0.29) is 16.6 Å². The van der Waals surface area contributed by atoms with Gasteiger partial charge >= 0.3 is 0 Å². The van der Waals surface area contributed by atoms with E-state index in [1.54, 1.807) is 11.3 Å².